The Bertz CT molecular complexity index is 2020. The van der Waals surface area contributed by atoms with Crippen LogP contribution in [0.25, 0.3) is 22.3 Å². The summed E-state index contributed by atoms with van der Waals surface area (Å²) in [5, 5.41) is 8.23. The Kier molecular flexibility index (Phi) is 10.3. The third kappa shape index (κ3) is 7.47. The Morgan fingerprint density at radius 3 is 2.47 bits per heavy atom. The number of nitrogens with zero attached hydrogens (tertiary/aromatic N) is 3. The summed E-state index contributed by atoms with van der Waals surface area (Å²) >= 11 is 6.44. The number of benzene rings is 4. The Morgan fingerprint density at radius 2 is 1.77 bits per heavy atom. The lowest BCUT2D eigenvalue weighted by Gasteiger charge is -2.18. The van der Waals surface area contributed by atoms with Crippen LogP contribution in [0, 0.1) is 13.8 Å². The number of amides is 1. The third-order valence-corrected chi connectivity index (χ3v) is 7.76. The predicted octanol–water partition coefficient (Wildman–Crippen LogP) is 7.76. The lowest BCUT2D eigenvalue weighted by atomic mass is 9.96. The van der Waals surface area contributed by atoms with Gasteiger partial charge in [-0.25, -0.2) is 4.98 Å². The molecular formula is C37H37ClN4O5. The van der Waals surface area contributed by atoms with E-state index in [1.165, 1.54) is 18.0 Å². The van der Waals surface area contributed by atoms with Gasteiger partial charge in [0, 0.05) is 27.9 Å². The standard InChI is InChI=1S/C37H37ClN4O5/c1-7-46-32-16-24(5)30(19-29(32)22(2)3)36-41-31-11-9-8-10-28(31)37(44)42(36)39-20-25-17-26(38)18-33(45-6)35(25)47-21-34(43)40-27-14-12-23(4)13-15-27/h8-20,22H,7,21H2,1-6H3,(H,40,43). The van der Waals surface area contributed by atoms with Crippen LogP contribution in [-0.2, 0) is 4.79 Å². The zero-order valence-corrected chi connectivity index (χ0v) is 28.0. The third-order valence-electron chi connectivity index (χ3n) is 7.54. The normalized spacial score (nSPS) is 11.3. The van der Waals surface area contributed by atoms with Crippen LogP contribution >= 0.6 is 11.6 Å². The van der Waals surface area contributed by atoms with Crippen LogP contribution in [0.4, 0.5) is 5.69 Å². The van der Waals surface area contributed by atoms with Crippen molar-refractivity contribution in [1.29, 1.82) is 0 Å². The number of fused-ring (bicyclic) bond motifs is 1. The topological polar surface area (TPSA) is 104 Å². The number of anilines is 1. The summed E-state index contributed by atoms with van der Waals surface area (Å²) in [5.74, 6) is 1.49. The number of hydrogen-bond acceptors (Lipinski definition) is 7. The molecule has 0 fully saturated rings. The number of carbonyl (C=O) groups is 1. The van der Waals surface area contributed by atoms with Crippen LogP contribution in [0.15, 0.2) is 82.7 Å². The Hall–Kier alpha value is -5.15. The van der Waals surface area contributed by atoms with E-state index in [1.807, 2.05) is 63.2 Å². The van der Waals surface area contributed by atoms with Gasteiger partial charge in [-0.15, -0.1) is 0 Å². The van der Waals surface area contributed by atoms with Crippen LogP contribution in [0.2, 0.25) is 5.02 Å². The molecule has 0 bridgehead atoms. The van der Waals surface area contributed by atoms with Gasteiger partial charge in [-0.1, -0.05) is 55.3 Å². The number of hydrogen-bond donors (Lipinski definition) is 1. The number of para-hydroxylation sites is 1. The Morgan fingerprint density at radius 1 is 1.02 bits per heavy atom. The first-order chi connectivity index (χ1) is 22.6. The summed E-state index contributed by atoms with van der Waals surface area (Å²) in [7, 11) is 1.47. The van der Waals surface area contributed by atoms with Gasteiger partial charge in [0.2, 0.25) is 0 Å². The number of halogens is 1. The van der Waals surface area contributed by atoms with Gasteiger partial charge in [-0.2, -0.15) is 9.78 Å². The van der Waals surface area contributed by atoms with Crippen molar-refractivity contribution in [2.75, 3.05) is 25.6 Å². The molecular weight excluding hydrogens is 616 g/mol. The van der Waals surface area contributed by atoms with E-state index >= 15 is 0 Å². The number of rotatable bonds is 11. The first-order valence-electron chi connectivity index (χ1n) is 15.3. The molecule has 1 N–H and O–H groups in total. The predicted molar refractivity (Wildman–Crippen MR) is 188 cm³/mol. The molecule has 10 heteroatoms. The Balaban J connectivity index is 1.59. The highest BCUT2D eigenvalue weighted by Crippen LogP contribution is 2.36. The summed E-state index contributed by atoms with van der Waals surface area (Å²) in [6, 6.07) is 21.8. The highest BCUT2D eigenvalue weighted by atomic mass is 35.5. The smallest absolute Gasteiger partial charge is 0.282 e. The molecule has 1 aromatic heterocycles. The van der Waals surface area contributed by atoms with Gasteiger partial charge in [-0.05, 0) is 80.3 Å². The van der Waals surface area contributed by atoms with Crippen LogP contribution in [0.3, 0.4) is 0 Å². The molecule has 242 valence electrons. The van der Waals surface area contributed by atoms with E-state index in [2.05, 4.69) is 24.3 Å². The molecule has 1 amide bonds. The fourth-order valence-corrected chi connectivity index (χ4v) is 5.37. The van der Waals surface area contributed by atoms with Gasteiger partial charge >= 0.3 is 0 Å². The minimum Gasteiger partial charge on any atom is -0.494 e. The molecule has 0 atom stereocenters. The molecule has 47 heavy (non-hydrogen) atoms. The molecule has 0 saturated carbocycles. The van der Waals surface area contributed by atoms with Crippen LogP contribution in [0.1, 0.15) is 48.9 Å². The van der Waals surface area contributed by atoms with Crippen molar-refractivity contribution >= 4 is 40.3 Å². The van der Waals surface area contributed by atoms with Gasteiger partial charge in [0.25, 0.3) is 11.5 Å². The fraction of sp³-hybridized carbons (Fsp3) is 0.243. The summed E-state index contributed by atoms with van der Waals surface area (Å²) < 4.78 is 18.7. The number of aryl methyl sites for hydroxylation is 2. The molecule has 5 aromatic rings. The molecule has 1 heterocycles. The highest BCUT2D eigenvalue weighted by molar-refractivity contribution is 6.31. The average Bonchev–Trinajstić information content (AvgIpc) is 3.04. The van der Waals surface area contributed by atoms with Gasteiger partial charge in [0.05, 0.1) is 30.8 Å². The molecule has 5 rings (SSSR count). The van der Waals surface area contributed by atoms with Gasteiger partial charge in [0.15, 0.2) is 23.9 Å². The van der Waals surface area contributed by atoms with Crippen LogP contribution in [0.5, 0.6) is 17.2 Å². The van der Waals surface area contributed by atoms with Crippen molar-refractivity contribution in [3.63, 3.8) is 0 Å². The van der Waals surface area contributed by atoms with Gasteiger partial charge < -0.3 is 19.5 Å². The first kappa shape index (κ1) is 33.2. The fourth-order valence-electron chi connectivity index (χ4n) is 5.16. The van der Waals surface area contributed by atoms with E-state index in [9.17, 15) is 9.59 Å². The van der Waals surface area contributed by atoms with Gasteiger partial charge in [-0.3, -0.25) is 9.59 Å². The maximum absolute atomic E-state index is 14.0. The van der Waals surface area contributed by atoms with E-state index in [0.717, 1.165) is 28.0 Å². The second kappa shape index (κ2) is 14.5. The number of ether oxygens (including phenoxy) is 3. The summed E-state index contributed by atoms with van der Waals surface area (Å²) in [6.07, 6.45) is 1.45. The monoisotopic (exact) mass is 652 g/mol. The largest absolute Gasteiger partial charge is 0.494 e. The second-order valence-corrected chi connectivity index (χ2v) is 11.8. The summed E-state index contributed by atoms with van der Waals surface area (Å²) in [5.41, 5.74) is 4.92. The lowest BCUT2D eigenvalue weighted by molar-refractivity contribution is -0.118. The zero-order valence-electron chi connectivity index (χ0n) is 27.3. The molecule has 0 aliphatic rings. The molecule has 9 nitrogen and oxygen atoms in total. The first-order valence-corrected chi connectivity index (χ1v) is 15.7. The van der Waals surface area contributed by atoms with Gasteiger partial charge in [0.1, 0.15) is 5.75 Å². The van der Waals surface area contributed by atoms with Crippen LogP contribution in [-0.4, -0.2) is 42.1 Å². The minimum absolute atomic E-state index is 0.155. The maximum atomic E-state index is 14.0. The molecule has 0 saturated heterocycles. The molecule has 0 unspecified atom stereocenters. The minimum atomic E-state index is -0.363. The lowest BCUT2D eigenvalue weighted by Crippen LogP contribution is -2.21. The summed E-state index contributed by atoms with van der Waals surface area (Å²) in [6.45, 7) is 10.3. The second-order valence-electron chi connectivity index (χ2n) is 11.3. The van der Waals surface area contributed by atoms with E-state index in [-0.39, 0.29) is 29.7 Å². The summed E-state index contributed by atoms with van der Waals surface area (Å²) in [4.78, 5) is 31.7. The van der Waals surface area contributed by atoms with E-state index in [1.54, 1.807) is 30.3 Å². The number of methoxy groups -OCH3 is 1. The molecule has 0 aliphatic heterocycles. The average molecular weight is 653 g/mol. The number of nitrogens with one attached hydrogen (secondary N) is 1. The Labute approximate surface area is 278 Å². The number of aromatic nitrogens is 2. The van der Waals surface area contributed by atoms with Crippen molar-refractivity contribution < 1.29 is 19.0 Å². The molecule has 4 aromatic carbocycles. The van der Waals surface area contributed by atoms with Crippen molar-refractivity contribution in [3.05, 3.63) is 110 Å². The van der Waals surface area contributed by atoms with E-state index < -0.39 is 0 Å². The van der Waals surface area contributed by atoms with E-state index in [0.29, 0.717) is 45.4 Å². The number of carbonyl (C=O) groups excluding carboxylic acids is 1. The van der Waals surface area contributed by atoms with Crippen molar-refractivity contribution in [3.8, 4) is 28.6 Å². The van der Waals surface area contributed by atoms with Crippen LogP contribution < -0.4 is 25.1 Å². The SMILES string of the molecule is CCOc1cc(C)c(-c2nc3ccccc3c(=O)n2N=Cc2cc(Cl)cc(OC)c2OCC(=O)Nc2ccc(C)cc2)cc1C(C)C. The molecule has 0 aliphatic carbocycles. The van der Waals surface area contributed by atoms with Crippen molar-refractivity contribution in [2.24, 2.45) is 5.10 Å². The highest BCUT2D eigenvalue weighted by Gasteiger charge is 2.20. The molecule has 0 radical (unpaired) electrons. The van der Waals surface area contributed by atoms with Crippen molar-refractivity contribution in [1.82, 2.24) is 9.66 Å². The maximum Gasteiger partial charge on any atom is 0.282 e. The molecule has 0 spiro atoms. The van der Waals surface area contributed by atoms with E-state index in [4.69, 9.17) is 30.8 Å². The van der Waals surface area contributed by atoms with Crippen molar-refractivity contribution in [2.45, 2.75) is 40.5 Å². The zero-order chi connectivity index (χ0) is 33.7. The quantitative estimate of drug-likeness (QED) is 0.146.